The summed E-state index contributed by atoms with van der Waals surface area (Å²) in [6.45, 7) is 3.82. The lowest BCUT2D eigenvalue weighted by Crippen LogP contribution is -2.20. The molecule has 0 unspecified atom stereocenters. The number of carbonyl (C=O) groups is 1. The van der Waals surface area contributed by atoms with Gasteiger partial charge in [-0.3, -0.25) is 9.52 Å². The molecule has 3 aromatic rings. The highest BCUT2D eigenvalue weighted by molar-refractivity contribution is 7.92. The predicted octanol–water partition coefficient (Wildman–Crippen LogP) is 4.13. The van der Waals surface area contributed by atoms with Crippen molar-refractivity contribution in [3.8, 4) is 11.5 Å². The largest absolute Gasteiger partial charge is 0.497 e. The van der Waals surface area contributed by atoms with Crippen molar-refractivity contribution in [2.24, 2.45) is 0 Å². The number of aryl methyl sites for hydroxylation is 2. The molecule has 3 aromatic carbocycles. The van der Waals surface area contributed by atoms with Gasteiger partial charge in [0.1, 0.15) is 11.5 Å². The number of carbonyl (C=O) groups excluding carboxylic acids is 1. The molecule has 0 aliphatic rings. The standard InChI is InChI=1S/C23H24N2O5S/c1-16-4-9-21(14-17(16)2)30-15-23(26)24-18-7-12-22(13-8-18)31(27,28)25-19-5-10-20(29-3)11-6-19/h4-14,25H,15H2,1-3H3,(H,24,26). The third kappa shape index (κ3) is 5.99. The molecule has 0 spiro atoms. The number of rotatable bonds is 8. The molecule has 7 nitrogen and oxygen atoms in total. The molecule has 0 aliphatic heterocycles. The highest BCUT2D eigenvalue weighted by atomic mass is 32.2. The fourth-order valence-electron chi connectivity index (χ4n) is 2.74. The first-order valence-corrected chi connectivity index (χ1v) is 11.0. The molecule has 0 fully saturated rings. The van der Waals surface area contributed by atoms with Gasteiger partial charge in [-0.15, -0.1) is 0 Å². The summed E-state index contributed by atoms with van der Waals surface area (Å²) in [5.74, 6) is 0.902. The predicted molar refractivity (Wildman–Crippen MR) is 120 cm³/mol. The number of methoxy groups -OCH3 is 1. The van der Waals surface area contributed by atoms with E-state index in [0.717, 1.165) is 11.1 Å². The monoisotopic (exact) mass is 440 g/mol. The van der Waals surface area contributed by atoms with Crippen molar-refractivity contribution in [1.29, 1.82) is 0 Å². The molecule has 0 saturated heterocycles. The van der Waals surface area contributed by atoms with E-state index in [-0.39, 0.29) is 17.4 Å². The first-order valence-electron chi connectivity index (χ1n) is 9.54. The summed E-state index contributed by atoms with van der Waals surface area (Å²) in [6.07, 6.45) is 0. The fraction of sp³-hybridized carbons (Fsp3) is 0.174. The Bertz CT molecular complexity index is 1160. The van der Waals surface area contributed by atoms with Gasteiger partial charge in [-0.1, -0.05) is 6.07 Å². The summed E-state index contributed by atoms with van der Waals surface area (Å²) in [4.78, 5) is 12.2. The Morgan fingerprint density at radius 1 is 0.839 bits per heavy atom. The van der Waals surface area contributed by atoms with Gasteiger partial charge in [0.05, 0.1) is 12.0 Å². The molecular weight excluding hydrogens is 416 g/mol. The first-order chi connectivity index (χ1) is 14.8. The quantitative estimate of drug-likeness (QED) is 0.549. The van der Waals surface area contributed by atoms with Crippen molar-refractivity contribution in [2.75, 3.05) is 23.8 Å². The zero-order chi connectivity index (χ0) is 22.4. The van der Waals surface area contributed by atoms with Gasteiger partial charge in [0.25, 0.3) is 15.9 Å². The van der Waals surface area contributed by atoms with Gasteiger partial charge in [-0.25, -0.2) is 8.42 Å². The minimum atomic E-state index is -3.76. The van der Waals surface area contributed by atoms with Gasteiger partial charge >= 0.3 is 0 Å². The molecule has 0 bridgehead atoms. The Labute approximate surface area is 182 Å². The minimum absolute atomic E-state index is 0.0766. The molecule has 0 atom stereocenters. The second kappa shape index (κ2) is 9.53. The van der Waals surface area contributed by atoms with E-state index >= 15 is 0 Å². The molecule has 2 N–H and O–H groups in total. The molecule has 162 valence electrons. The van der Waals surface area contributed by atoms with Crippen molar-refractivity contribution < 1.29 is 22.7 Å². The van der Waals surface area contributed by atoms with Crippen LogP contribution >= 0.6 is 0 Å². The Hall–Kier alpha value is -3.52. The maximum atomic E-state index is 12.6. The average molecular weight is 441 g/mol. The van der Waals surface area contributed by atoms with Crippen LogP contribution < -0.4 is 19.5 Å². The lowest BCUT2D eigenvalue weighted by atomic mass is 10.1. The lowest BCUT2D eigenvalue weighted by Gasteiger charge is -2.11. The SMILES string of the molecule is COc1ccc(NS(=O)(=O)c2ccc(NC(=O)COc3ccc(C)c(C)c3)cc2)cc1. The molecule has 0 radical (unpaired) electrons. The number of amides is 1. The zero-order valence-electron chi connectivity index (χ0n) is 17.5. The summed E-state index contributed by atoms with van der Waals surface area (Å²) in [5.41, 5.74) is 3.12. The molecule has 0 heterocycles. The Kier molecular flexibility index (Phi) is 6.81. The van der Waals surface area contributed by atoms with Crippen LogP contribution in [0, 0.1) is 13.8 Å². The molecule has 3 rings (SSSR count). The van der Waals surface area contributed by atoms with Crippen LogP contribution in [0.2, 0.25) is 0 Å². The van der Waals surface area contributed by atoms with E-state index in [1.165, 1.54) is 31.4 Å². The smallest absolute Gasteiger partial charge is 0.262 e. The fourth-order valence-corrected chi connectivity index (χ4v) is 3.80. The number of benzene rings is 3. The van der Waals surface area contributed by atoms with Gasteiger partial charge in [-0.2, -0.15) is 0 Å². The number of sulfonamides is 1. The van der Waals surface area contributed by atoms with Crippen LogP contribution in [0.25, 0.3) is 0 Å². The second-order valence-electron chi connectivity index (χ2n) is 6.94. The highest BCUT2D eigenvalue weighted by Crippen LogP contribution is 2.21. The maximum absolute atomic E-state index is 12.6. The van der Waals surface area contributed by atoms with Gasteiger partial charge in [-0.05, 0) is 85.6 Å². The summed E-state index contributed by atoms with van der Waals surface area (Å²) >= 11 is 0. The summed E-state index contributed by atoms with van der Waals surface area (Å²) in [5, 5.41) is 2.69. The number of anilines is 2. The molecule has 1 amide bonds. The second-order valence-corrected chi connectivity index (χ2v) is 8.62. The Morgan fingerprint density at radius 3 is 2.06 bits per heavy atom. The van der Waals surface area contributed by atoms with Crippen molar-refractivity contribution >= 4 is 27.3 Å². The van der Waals surface area contributed by atoms with Crippen molar-refractivity contribution in [3.63, 3.8) is 0 Å². The number of nitrogens with one attached hydrogen (secondary N) is 2. The van der Waals surface area contributed by atoms with E-state index in [1.807, 2.05) is 32.0 Å². The Balaban J connectivity index is 1.58. The average Bonchev–Trinajstić information content (AvgIpc) is 2.75. The van der Waals surface area contributed by atoms with E-state index < -0.39 is 10.0 Å². The minimum Gasteiger partial charge on any atom is -0.497 e. The van der Waals surface area contributed by atoms with Gasteiger partial charge in [0.15, 0.2) is 6.61 Å². The van der Waals surface area contributed by atoms with Gasteiger partial charge in [0, 0.05) is 11.4 Å². The Morgan fingerprint density at radius 2 is 1.45 bits per heavy atom. The number of ether oxygens (including phenoxy) is 2. The highest BCUT2D eigenvalue weighted by Gasteiger charge is 2.14. The van der Waals surface area contributed by atoms with Crippen molar-refractivity contribution in [2.45, 2.75) is 18.7 Å². The van der Waals surface area contributed by atoms with E-state index in [9.17, 15) is 13.2 Å². The maximum Gasteiger partial charge on any atom is 0.262 e. The molecule has 31 heavy (non-hydrogen) atoms. The van der Waals surface area contributed by atoms with Crippen LogP contribution in [0.3, 0.4) is 0 Å². The molecular formula is C23H24N2O5S. The van der Waals surface area contributed by atoms with E-state index in [4.69, 9.17) is 9.47 Å². The summed E-state index contributed by atoms with van der Waals surface area (Å²) in [7, 11) is -2.22. The summed E-state index contributed by atoms with van der Waals surface area (Å²) < 4.78 is 38.2. The van der Waals surface area contributed by atoms with E-state index in [1.54, 1.807) is 24.3 Å². The molecule has 8 heteroatoms. The summed E-state index contributed by atoms with van der Waals surface area (Å²) in [6, 6.07) is 18.1. The van der Waals surface area contributed by atoms with Crippen LogP contribution in [0.15, 0.2) is 71.6 Å². The topological polar surface area (TPSA) is 93.7 Å². The molecule has 0 saturated carbocycles. The first kappa shape index (κ1) is 22.2. The third-order valence-corrected chi connectivity index (χ3v) is 6.04. The molecule has 0 aliphatic carbocycles. The number of hydrogen-bond acceptors (Lipinski definition) is 5. The number of hydrogen-bond donors (Lipinski definition) is 2. The third-order valence-electron chi connectivity index (χ3n) is 4.64. The lowest BCUT2D eigenvalue weighted by molar-refractivity contribution is -0.118. The van der Waals surface area contributed by atoms with Gasteiger partial charge < -0.3 is 14.8 Å². The zero-order valence-corrected chi connectivity index (χ0v) is 18.3. The van der Waals surface area contributed by atoms with Crippen LogP contribution in [0.5, 0.6) is 11.5 Å². The van der Waals surface area contributed by atoms with Crippen molar-refractivity contribution in [3.05, 3.63) is 77.9 Å². The van der Waals surface area contributed by atoms with E-state index in [0.29, 0.717) is 22.9 Å². The van der Waals surface area contributed by atoms with Crippen molar-refractivity contribution in [1.82, 2.24) is 0 Å². The van der Waals surface area contributed by atoms with Crippen LogP contribution in [-0.4, -0.2) is 28.0 Å². The van der Waals surface area contributed by atoms with E-state index in [2.05, 4.69) is 10.0 Å². The van der Waals surface area contributed by atoms with Crippen LogP contribution in [-0.2, 0) is 14.8 Å². The van der Waals surface area contributed by atoms with Gasteiger partial charge in [0.2, 0.25) is 0 Å². The van der Waals surface area contributed by atoms with Crippen LogP contribution in [0.1, 0.15) is 11.1 Å². The normalized spacial score (nSPS) is 10.9. The molecule has 0 aromatic heterocycles. The van der Waals surface area contributed by atoms with Crippen LogP contribution in [0.4, 0.5) is 11.4 Å².